The Morgan fingerprint density at radius 3 is 2.72 bits per heavy atom. The highest BCUT2D eigenvalue weighted by molar-refractivity contribution is 5.96. The summed E-state index contributed by atoms with van der Waals surface area (Å²) in [6.45, 7) is 2.34. The molecule has 0 radical (unpaired) electrons. The number of halogens is 1. The Morgan fingerprint density at radius 2 is 1.90 bits per heavy atom. The van der Waals surface area contributed by atoms with Crippen molar-refractivity contribution in [2.75, 3.05) is 0 Å². The summed E-state index contributed by atoms with van der Waals surface area (Å²) >= 11 is 0. The molecular weight excluding hydrogens is 369 g/mol. The van der Waals surface area contributed by atoms with Gasteiger partial charge in [-0.3, -0.25) is 4.79 Å². The van der Waals surface area contributed by atoms with Gasteiger partial charge in [-0.2, -0.15) is 0 Å². The van der Waals surface area contributed by atoms with Crippen LogP contribution in [0.1, 0.15) is 27.2 Å². The number of nitrogens with zero attached hydrogens (tertiary/aromatic N) is 2. The molecule has 0 saturated carbocycles. The molecule has 0 spiro atoms. The van der Waals surface area contributed by atoms with Crippen LogP contribution in [0.15, 0.2) is 73.1 Å². The van der Waals surface area contributed by atoms with Gasteiger partial charge in [0.1, 0.15) is 23.8 Å². The van der Waals surface area contributed by atoms with Crippen molar-refractivity contribution in [2.45, 2.75) is 20.1 Å². The van der Waals surface area contributed by atoms with Crippen molar-refractivity contribution in [3.63, 3.8) is 0 Å². The summed E-state index contributed by atoms with van der Waals surface area (Å²) < 4.78 is 21.6. The Balaban J connectivity index is 1.46. The molecule has 4 aromatic rings. The number of hydrogen-bond acceptors (Lipinski definition) is 3. The van der Waals surface area contributed by atoms with Crippen LogP contribution in [0.2, 0.25) is 0 Å². The van der Waals surface area contributed by atoms with Crippen molar-refractivity contribution < 1.29 is 13.9 Å². The molecule has 29 heavy (non-hydrogen) atoms. The SMILES string of the molecule is Cc1cccn2cc(COc3ccccc3C(=O)NCc3ccccc3F)nc12. The first-order valence-corrected chi connectivity index (χ1v) is 9.28. The number of imidazole rings is 1. The van der Waals surface area contributed by atoms with Crippen LogP contribution in [0.4, 0.5) is 4.39 Å². The van der Waals surface area contributed by atoms with Gasteiger partial charge < -0.3 is 14.5 Å². The van der Waals surface area contributed by atoms with E-state index in [1.54, 1.807) is 42.5 Å². The van der Waals surface area contributed by atoms with Gasteiger partial charge in [-0.1, -0.05) is 36.4 Å². The van der Waals surface area contributed by atoms with Crippen molar-refractivity contribution >= 4 is 11.6 Å². The summed E-state index contributed by atoms with van der Waals surface area (Å²) in [6, 6.07) is 17.3. The summed E-state index contributed by atoms with van der Waals surface area (Å²) in [5, 5.41) is 2.74. The average molecular weight is 389 g/mol. The Labute approximate surface area is 167 Å². The lowest BCUT2D eigenvalue weighted by atomic mass is 10.1. The summed E-state index contributed by atoms with van der Waals surface area (Å²) in [4.78, 5) is 17.2. The van der Waals surface area contributed by atoms with Crippen molar-refractivity contribution in [1.82, 2.24) is 14.7 Å². The van der Waals surface area contributed by atoms with Gasteiger partial charge in [0.2, 0.25) is 0 Å². The summed E-state index contributed by atoms with van der Waals surface area (Å²) in [7, 11) is 0. The lowest BCUT2D eigenvalue weighted by Crippen LogP contribution is -2.24. The number of ether oxygens (including phenoxy) is 1. The zero-order valence-corrected chi connectivity index (χ0v) is 15.9. The molecule has 0 aliphatic heterocycles. The van der Waals surface area contributed by atoms with Crippen LogP contribution < -0.4 is 10.1 Å². The minimum Gasteiger partial charge on any atom is -0.486 e. The largest absolute Gasteiger partial charge is 0.486 e. The van der Waals surface area contributed by atoms with Gasteiger partial charge in [0.05, 0.1) is 11.3 Å². The zero-order valence-electron chi connectivity index (χ0n) is 15.9. The fourth-order valence-electron chi connectivity index (χ4n) is 3.12. The topological polar surface area (TPSA) is 55.6 Å². The first-order chi connectivity index (χ1) is 14.1. The van der Waals surface area contributed by atoms with Crippen LogP contribution in [-0.2, 0) is 13.2 Å². The van der Waals surface area contributed by atoms with Crippen LogP contribution in [-0.4, -0.2) is 15.3 Å². The molecule has 0 saturated heterocycles. The number of carbonyl (C=O) groups excluding carboxylic acids is 1. The lowest BCUT2D eigenvalue weighted by Gasteiger charge is -2.11. The molecule has 0 aliphatic carbocycles. The molecule has 0 aliphatic rings. The number of amides is 1. The maximum absolute atomic E-state index is 13.8. The first kappa shape index (κ1) is 18.7. The van der Waals surface area contributed by atoms with E-state index in [4.69, 9.17) is 4.74 Å². The van der Waals surface area contributed by atoms with Gasteiger partial charge in [0.25, 0.3) is 5.91 Å². The zero-order chi connectivity index (χ0) is 20.2. The standard InChI is InChI=1S/C23H20FN3O2/c1-16-7-6-12-27-14-18(26-22(16)27)15-29-21-11-5-3-9-19(21)23(28)25-13-17-8-2-4-10-20(17)24/h2-12,14H,13,15H2,1H3,(H,25,28). The third-order valence-electron chi connectivity index (χ3n) is 4.63. The fraction of sp³-hybridized carbons (Fsp3) is 0.130. The number of rotatable bonds is 6. The molecule has 0 unspecified atom stereocenters. The van der Waals surface area contributed by atoms with E-state index in [1.807, 2.05) is 35.9 Å². The van der Waals surface area contributed by atoms with Gasteiger partial charge in [0, 0.05) is 24.5 Å². The molecule has 0 atom stereocenters. The molecule has 6 heteroatoms. The highest BCUT2D eigenvalue weighted by Crippen LogP contribution is 2.20. The first-order valence-electron chi connectivity index (χ1n) is 9.28. The van der Waals surface area contributed by atoms with Crippen LogP contribution in [0.25, 0.3) is 5.65 Å². The van der Waals surface area contributed by atoms with Crippen LogP contribution in [0.3, 0.4) is 0 Å². The number of benzene rings is 2. The number of hydrogen-bond donors (Lipinski definition) is 1. The van der Waals surface area contributed by atoms with Gasteiger partial charge in [-0.05, 0) is 36.8 Å². The molecule has 146 valence electrons. The van der Waals surface area contributed by atoms with E-state index in [9.17, 15) is 9.18 Å². The number of pyridine rings is 1. The Kier molecular flexibility index (Phi) is 5.24. The summed E-state index contributed by atoms with van der Waals surface area (Å²) in [5.74, 6) is -0.221. The van der Waals surface area contributed by atoms with E-state index >= 15 is 0 Å². The molecular formula is C23H20FN3O2. The van der Waals surface area contributed by atoms with E-state index in [0.717, 1.165) is 16.9 Å². The predicted octanol–water partition coefficient (Wildman–Crippen LogP) is 4.29. The van der Waals surface area contributed by atoms with Gasteiger partial charge >= 0.3 is 0 Å². The number of aryl methyl sites for hydroxylation is 1. The number of nitrogens with one attached hydrogen (secondary N) is 1. The quantitative estimate of drug-likeness (QED) is 0.535. The molecule has 2 aromatic heterocycles. The van der Waals surface area contributed by atoms with E-state index in [-0.39, 0.29) is 24.9 Å². The van der Waals surface area contributed by atoms with Crippen molar-refractivity contribution in [3.05, 3.63) is 101 Å². The summed E-state index contributed by atoms with van der Waals surface area (Å²) in [5.41, 5.74) is 3.54. The number of aromatic nitrogens is 2. The molecule has 0 fully saturated rings. The van der Waals surface area contributed by atoms with Crippen LogP contribution >= 0.6 is 0 Å². The smallest absolute Gasteiger partial charge is 0.255 e. The maximum Gasteiger partial charge on any atom is 0.255 e. The molecule has 2 aromatic carbocycles. The lowest BCUT2D eigenvalue weighted by molar-refractivity contribution is 0.0946. The molecule has 2 heterocycles. The van der Waals surface area contributed by atoms with E-state index in [0.29, 0.717) is 16.9 Å². The van der Waals surface area contributed by atoms with Crippen LogP contribution in [0, 0.1) is 12.7 Å². The second-order valence-electron chi connectivity index (χ2n) is 6.71. The predicted molar refractivity (Wildman–Crippen MR) is 108 cm³/mol. The number of fused-ring (bicyclic) bond motifs is 1. The van der Waals surface area contributed by atoms with Gasteiger partial charge in [0.15, 0.2) is 0 Å². The number of carbonyl (C=O) groups is 1. The fourth-order valence-corrected chi connectivity index (χ4v) is 3.12. The van der Waals surface area contributed by atoms with E-state index < -0.39 is 0 Å². The Morgan fingerprint density at radius 1 is 1.10 bits per heavy atom. The molecule has 1 amide bonds. The highest BCUT2D eigenvalue weighted by Gasteiger charge is 2.13. The second-order valence-corrected chi connectivity index (χ2v) is 6.71. The monoisotopic (exact) mass is 389 g/mol. The van der Waals surface area contributed by atoms with Gasteiger partial charge in [-0.15, -0.1) is 0 Å². The van der Waals surface area contributed by atoms with E-state index in [2.05, 4.69) is 10.3 Å². The molecule has 4 rings (SSSR count). The number of para-hydroxylation sites is 1. The normalized spacial score (nSPS) is 10.8. The second kappa shape index (κ2) is 8.14. The highest BCUT2D eigenvalue weighted by atomic mass is 19.1. The molecule has 5 nitrogen and oxygen atoms in total. The summed E-state index contributed by atoms with van der Waals surface area (Å²) in [6.07, 6.45) is 3.84. The van der Waals surface area contributed by atoms with Crippen molar-refractivity contribution in [2.24, 2.45) is 0 Å². The van der Waals surface area contributed by atoms with Crippen LogP contribution in [0.5, 0.6) is 5.75 Å². The van der Waals surface area contributed by atoms with Crippen molar-refractivity contribution in [1.29, 1.82) is 0 Å². The third-order valence-corrected chi connectivity index (χ3v) is 4.63. The van der Waals surface area contributed by atoms with Crippen molar-refractivity contribution in [3.8, 4) is 5.75 Å². The minimum atomic E-state index is -0.348. The average Bonchev–Trinajstić information content (AvgIpc) is 3.16. The van der Waals surface area contributed by atoms with Gasteiger partial charge in [-0.25, -0.2) is 9.37 Å². The van der Waals surface area contributed by atoms with E-state index in [1.165, 1.54) is 6.07 Å². The molecule has 0 bridgehead atoms. The maximum atomic E-state index is 13.8. The Bertz CT molecular complexity index is 1170. The third kappa shape index (κ3) is 4.11. The molecule has 1 N–H and O–H groups in total. The minimum absolute atomic E-state index is 0.103. The Hall–Kier alpha value is -3.67.